The average Bonchev–Trinajstić information content (AvgIpc) is 3.14. The first-order valence-electron chi connectivity index (χ1n) is 19.5. The molecule has 1 atom stereocenters. The molecule has 0 saturated carbocycles. The van der Waals surface area contributed by atoms with E-state index in [2.05, 4.69) is 41.2 Å². The molecule has 2 heterocycles. The third-order valence-corrected chi connectivity index (χ3v) is 9.10. The number of aryl methyl sites for hydroxylation is 8. The average molecular weight is 831 g/mol. The van der Waals surface area contributed by atoms with E-state index in [0.29, 0.717) is 47.8 Å². The van der Waals surface area contributed by atoms with Crippen molar-refractivity contribution in [2.45, 2.75) is 99.6 Å². The highest BCUT2D eigenvalue weighted by Gasteiger charge is 2.27. The molecule has 0 unspecified atom stereocenters. The van der Waals surface area contributed by atoms with E-state index in [1.165, 1.54) is 7.11 Å². The first-order chi connectivity index (χ1) is 28.2. The minimum Gasteiger partial charge on any atom is -0.508 e. The van der Waals surface area contributed by atoms with E-state index in [1.807, 2.05) is 26.0 Å². The van der Waals surface area contributed by atoms with Crippen molar-refractivity contribution in [3.63, 3.8) is 0 Å². The number of anilines is 2. The Morgan fingerprint density at radius 1 is 0.700 bits per heavy atom. The molecule has 0 fully saturated rings. The van der Waals surface area contributed by atoms with Crippen LogP contribution in [-0.2, 0) is 27.1 Å². The predicted molar refractivity (Wildman–Crippen MR) is 227 cm³/mol. The molecule has 2 aromatic carbocycles. The Labute approximate surface area is 350 Å². The van der Waals surface area contributed by atoms with Crippen LogP contribution in [0, 0.1) is 41.5 Å². The fourth-order valence-electron chi connectivity index (χ4n) is 6.11. The van der Waals surface area contributed by atoms with Crippen molar-refractivity contribution in [2.75, 3.05) is 37.4 Å². The summed E-state index contributed by atoms with van der Waals surface area (Å²) in [7, 11) is 1.19. The SMILES string of the molecule is COC(=O)[C@H](CNC(=O)OC(C)(C)C)NC(=O)c1c(C)nc(NCCCc2cc(O)ccc2C)nc1C.Cc1ccc(O)cc1CCCNc1nc(C)c(C(=O)O)c(C)n1. The number of carbonyl (C=O) groups excluding carboxylic acids is 3. The zero-order valence-corrected chi connectivity index (χ0v) is 36.1. The van der Waals surface area contributed by atoms with Crippen molar-refractivity contribution in [2.24, 2.45) is 0 Å². The van der Waals surface area contributed by atoms with Crippen LogP contribution < -0.4 is 21.3 Å². The summed E-state index contributed by atoms with van der Waals surface area (Å²) in [6.07, 6.45) is 2.53. The summed E-state index contributed by atoms with van der Waals surface area (Å²) >= 11 is 0. The fraction of sp³-hybridized carbons (Fsp3) is 0.442. The molecule has 0 aliphatic heterocycles. The van der Waals surface area contributed by atoms with Gasteiger partial charge in [-0.2, -0.15) is 0 Å². The van der Waals surface area contributed by atoms with Crippen molar-refractivity contribution in [3.05, 3.63) is 92.6 Å². The van der Waals surface area contributed by atoms with E-state index in [4.69, 9.17) is 14.6 Å². The number of esters is 1. The molecule has 4 aromatic rings. The van der Waals surface area contributed by atoms with Crippen LogP contribution in [0.5, 0.6) is 11.5 Å². The lowest BCUT2D eigenvalue weighted by Gasteiger charge is -2.22. The number of aromatic carboxylic acids is 1. The molecular formula is C43H58N8O9. The third-order valence-electron chi connectivity index (χ3n) is 9.10. The number of hydrogen-bond donors (Lipinski definition) is 7. The number of phenols is 2. The molecule has 17 heteroatoms. The molecule has 60 heavy (non-hydrogen) atoms. The molecule has 7 N–H and O–H groups in total. The lowest BCUT2D eigenvalue weighted by atomic mass is 10.0. The van der Waals surface area contributed by atoms with Gasteiger partial charge in [-0.15, -0.1) is 0 Å². The van der Waals surface area contributed by atoms with E-state index in [-0.39, 0.29) is 29.2 Å². The van der Waals surface area contributed by atoms with Crippen molar-refractivity contribution in [1.29, 1.82) is 0 Å². The largest absolute Gasteiger partial charge is 0.508 e. The fourth-order valence-corrected chi connectivity index (χ4v) is 6.11. The number of carbonyl (C=O) groups is 4. The second-order valence-electron chi connectivity index (χ2n) is 15.2. The standard InChI is InChI=1S/C26H37N5O6.C17H21N3O3/c1-15-10-11-19(32)13-18(15)9-8-12-27-24-29-16(2)21(17(3)30-24)22(33)31-20(23(34)36-7)14-28-25(35)37-26(4,5)6;1-10-6-7-14(21)9-13(10)5-4-8-18-17-19-11(2)15(16(22)23)12(3)20-17/h10-11,13,20,32H,8-9,12,14H2,1-7H3,(H,28,35)(H,31,33)(H,27,29,30);6-7,9,21H,4-5,8H2,1-3H3,(H,22,23)(H,18,19,20)/t20-;/m0./s1. The normalized spacial score (nSPS) is 11.4. The number of carboxylic acids is 1. The predicted octanol–water partition coefficient (Wildman–Crippen LogP) is 5.80. The van der Waals surface area contributed by atoms with Crippen LogP contribution in [0.2, 0.25) is 0 Å². The Balaban J connectivity index is 0.000000357. The molecule has 324 valence electrons. The summed E-state index contributed by atoms with van der Waals surface area (Å²) in [5.74, 6) is -0.952. The molecule has 0 saturated heterocycles. The maximum absolute atomic E-state index is 13.0. The summed E-state index contributed by atoms with van der Waals surface area (Å²) in [6, 6.07) is 9.54. The maximum atomic E-state index is 13.0. The Morgan fingerprint density at radius 2 is 1.13 bits per heavy atom. The van der Waals surface area contributed by atoms with Gasteiger partial charge in [-0.25, -0.2) is 34.3 Å². The summed E-state index contributed by atoms with van der Waals surface area (Å²) < 4.78 is 9.93. The van der Waals surface area contributed by atoms with E-state index in [9.17, 15) is 29.4 Å². The zero-order chi connectivity index (χ0) is 44.7. The number of hydrogen-bond acceptors (Lipinski definition) is 14. The number of rotatable bonds is 16. The highest BCUT2D eigenvalue weighted by atomic mass is 16.6. The van der Waals surface area contributed by atoms with Gasteiger partial charge in [-0.05, 0) is 135 Å². The Morgan fingerprint density at radius 3 is 1.53 bits per heavy atom. The number of nitrogens with one attached hydrogen (secondary N) is 4. The molecule has 0 spiro atoms. The first-order valence-corrected chi connectivity index (χ1v) is 19.5. The maximum Gasteiger partial charge on any atom is 0.407 e. The first kappa shape index (κ1) is 47.9. The number of aromatic hydroxyl groups is 2. The summed E-state index contributed by atoms with van der Waals surface area (Å²) in [6.45, 7) is 16.9. The van der Waals surface area contributed by atoms with Crippen molar-refractivity contribution in [3.8, 4) is 11.5 Å². The van der Waals surface area contributed by atoms with Crippen LogP contribution in [0.25, 0.3) is 0 Å². The topological polar surface area (TPSA) is 247 Å². The van der Waals surface area contributed by atoms with Gasteiger partial charge >= 0.3 is 18.0 Å². The molecule has 17 nitrogen and oxygen atoms in total. The quantitative estimate of drug-likeness (QED) is 0.0521. The lowest BCUT2D eigenvalue weighted by molar-refractivity contribution is -0.142. The highest BCUT2D eigenvalue weighted by molar-refractivity contribution is 5.98. The number of methoxy groups -OCH3 is 1. The zero-order valence-electron chi connectivity index (χ0n) is 36.1. The minimum atomic E-state index is -1.14. The van der Waals surface area contributed by atoms with E-state index >= 15 is 0 Å². The Bertz CT molecular complexity index is 2110. The lowest BCUT2D eigenvalue weighted by Crippen LogP contribution is -2.50. The van der Waals surface area contributed by atoms with Crippen LogP contribution >= 0.6 is 0 Å². The number of ether oxygens (including phenoxy) is 2. The van der Waals surface area contributed by atoms with E-state index < -0.39 is 35.6 Å². The Hall–Kier alpha value is -6.52. The van der Waals surface area contributed by atoms with E-state index in [1.54, 1.807) is 72.7 Å². The van der Waals surface area contributed by atoms with Gasteiger partial charge in [-0.3, -0.25) is 4.79 Å². The van der Waals surface area contributed by atoms with Crippen LogP contribution in [0.4, 0.5) is 16.7 Å². The number of alkyl carbamates (subject to hydrolysis) is 1. The van der Waals surface area contributed by atoms with Gasteiger partial charge in [0.15, 0.2) is 0 Å². The van der Waals surface area contributed by atoms with Gasteiger partial charge in [0.1, 0.15) is 28.7 Å². The monoisotopic (exact) mass is 830 g/mol. The molecule has 0 bridgehead atoms. The smallest absolute Gasteiger partial charge is 0.407 e. The molecular weight excluding hydrogens is 773 g/mol. The molecule has 0 aliphatic carbocycles. The van der Waals surface area contributed by atoms with Gasteiger partial charge in [0.2, 0.25) is 11.9 Å². The van der Waals surface area contributed by atoms with Crippen molar-refractivity contribution >= 4 is 35.8 Å². The van der Waals surface area contributed by atoms with Gasteiger partial charge in [-0.1, -0.05) is 12.1 Å². The van der Waals surface area contributed by atoms with Crippen LogP contribution in [0.1, 0.15) is 99.4 Å². The summed E-state index contributed by atoms with van der Waals surface area (Å²) in [5.41, 5.74) is 5.90. The molecule has 2 aromatic heterocycles. The second-order valence-corrected chi connectivity index (χ2v) is 15.2. The third kappa shape index (κ3) is 15.0. The molecule has 4 rings (SSSR count). The van der Waals surface area contributed by atoms with Gasteiger partial charge in [0, 0.05) is 13.1 Å². The number of phenolic OH excluding ortho intramolecular Hbond substituents is 2. The molecule has 0 radical (unpaired) electrons. The van der Waals surface area contributed by atoms with Crippen molar-refractivity contribution in [1.82, 2.24) is 30.6 Å². The summed E-state index contributed by atoms with van der Waals surface area (Å²) in [4.78, 5) is 65.4. The Kier molecular flexibility index (Phi) is 17.6. The minimum absolute atomic E-state index is 0.158. The highest BCUT2D eigenvalue weighted by Crippen LogP contribution is 2.20. The number of aromatic nitrogens is 4. The van der Waals surface area contributed by atoms with Crippen LogP contribution in [0.3, 0.4) is 0 Å². The van der Waals surface area contributed by atoms with Crippen LogP contribution in [-0.4, -0.2) is 97.6 Å². The second kappa shape index (κ2) is 22.0. The van der Waals surface area contributed by atoms with Gasteiger partial charge in [0.25, 0.3) is 5.91 Å². The van der Waals surface area contributed by atoms with Crippen molar-refractivity contribution < 1.29 is 44.0 Å². The van der Waals surface area contributed by atoms with E-state index in [0.717, 1.165) is 47.9 Å². The number of benzene rings is 2. The summed E-state index contributed by atoms with van der Waals surface area (Å²) in [5, 5.41) is 39.6. The van der Waals surface area contributed by atoms with Gasteiger partial charge < -0.3 is 46.1 Å². The number of nitrogens with zero attached hydrogens (tertiary/aromatic N) is 4. The number of carboxylic acid groups (broad SMARTS) is 1. The molecule has 0 aliphatic rings. The van der Waals surface area contributed by atoms with Gasteiger partial charge in [0.05, 0.1) is 42.0 Å². The number of amides is 2. The molecule has 2 amide bonds. The van der Waals surface area contributed by atoms with Crippen LogP contribution in [0.15, 0.2) is 36.4 Å².